The number of nitrogen functional groups attached to an aromatic ring is 1. The highest BCUT2D eigenvalue weighted by atomic mass is 35.5. The molecule has 0 radical (unpaired) electrons. The maximum absolute atomic E-state index is 14.7. The van der Waals surface area contributed by atoms with Crippen LogP contribution in [-0.2, 0) is 4.79 Å². The number of hydrogen-bond donors (Lipinski definition) is 1. The Labute approximate surface area is 259 Å². The van der Waals surface area contributed by atoms with Gasteiger partial charge in [0.2, 0.25) is 5.91 Å². The van der Waals surface area contributed by atoms with Gasteiger partial charge in [-0.1, -0.05) is 61.8 Å². The third kappa shape index (κ3) is 5.24. The van der Waals surface area contributed by atoms with Crippen molar-refractivity contribution in [1.29, 1.82) is 5.26 Å². The second-order valence-electron chi connectivity index (χ2n) is 10.9. The Morgan fingerprint density at radius 2 is 1.88 bits per heavy atom. The molecule has 4 aromatic rings. The lowest BCUT2D eigenvalue weighted by Crippen LogP contribution is -2.54. The summed E-state index contributed by atoms with van der Waals surface area (Å²) in [6.07, 6.45) is 1.28. The average molecular weight is 619 g/mol. The van der Waals surface area contributed by atoms with Crippen molar-refractivity contribution >= 4 is 51.4 Å². The van der Waals surface area contributed by atoms with Crippen LogP contribution in [0.1, 0.15) is 37.8 Å². The van der Waals surface area contributed by atoms with Crippen LogP contribution in [0.15, 0.2) is 66.0 Å². The number of benzene rings is 3. The summed E-state index contributed by atoms with van der Waals surface area (Å²) in [4.78, 5) is 30.4. The summed E-state index contributed by atoms with van der Waals surface area (Å²) in [5, 5.41) is 11.4. The molecule has 1 aliphatic heterocycles. The minimum atomic E-state index is -0.692. The van der Waals surface area contributed by atoms with E-state index < -0.39 is 11.4 Å². The van der Waals surface area contributed by atoms with E-state index in [1.54, 1.807) is 17.0 Å². The van der Waals surface area contributed by atoms with Gasteiger partial charge in [0.15, 0.2) is 0 Å². The van der Waals surface area contributed by atoms with E-state index in [0.29, 0.717) is 47.5 Å². The molecule has 1 unspecified atom stereocenters. The molecule has 0 aliphatic carbocycles. The first kappa shape index (κ1) is 30.1. The number of aromatic nitrogens is 1. The smallest absolute Gasteiger partial charge is 0.275 e. The number of para-hydroxylation sites is 1. The molecule has 1 saturated heterocycles. The second kappa shape index (κ2) is 11.8. The summed E-state index contributed by atoms with van der Waals surface area (Å²) in [6, 6.07) is 15.5. The predicted molar refractivity (Wildman–Crippen MR) is 172 cm³/mol. The van der Waals surface area contributed by atoms with Crippen LogP contribution >= 0.6 is 23.2 Å². The third-order valence-corrected chi connectivity index (χ3v) is 8.46. The van der Waals surface area contributed by atoms with Crippen molar-refractivity contribution < 1.29 is 9.18 Å². The van der Waals surface area contributed by atoms with Crippen molar-refractivity contribution in [1.82, 2.24) is 9.47 Å². The molecule has 1 atom stereocenters. The number of nitrogens with zero attached hydrogens (tertiary/aromatic N) is 4. The van der Waals surface area contributed by atoms with Crippen LogP contribution in [0.5, 0.6) is 0 Å². The van der Waals surface area contributed by atoms with Gasteiger partial charge < -0.3 is 15.5 Å². The average Bonchev–Trinajstić information content (AvgIpc) is 2.98. The van der Waals surface area contributed by atoms with Gasteiger partial charge in [-0.3, -0.25) is 14.2 Å². The number of rotatable bonds is 5. The van der Waals surface area contributed by atoms with Crippen LogP contribution in [0.4, 0.5) is 15.8 Å². The van der Waals surface area contributed by atoms with Gasteiger partial charge in [0, 0.05) is 52.2 Å². The maximum atomic E-state index is 14.7. The van der Waals surface area contributed by atoms with Crippen LogP contribution in [0.3, 0.4) is 0 Å². The van der Waals surface area contributed by atoms with Gasteiger partial charge in [-0.25, -0.2) is 4.39 Å². The van der Waals surface area contributed by atoms with Crippen molar-refractivity contribution in [3.8, 4) is 22.9 Å². The van der Waals surface area contributed by atoms with Crippen LogP contribution in [0, 0.1) is 17.1 Å². The van der Waals surface area contributed by atoms with E-state index in [2.05, 4.69) is 12.6 Å². The first-order valence-electron chi connectivity index (χ1n) is 13.8. The first-order chi connectivity index (χ1) is 20.5. The quantitative estimate of drug-likeness (QED) is 0.194. The fraction of sp³-hybridized carbons (Fsp3) is 0.242. The summed E-state index contributed by atoms with van der Waals surface area (Å²) in [7, 11) is 0. The molecule has 2 heterocycles. The molecule has 0 spiro atoms. The molecule has 1 fully saturated rings. The predicted octanol–water partition coefficient (Wildman–Crippen LogP) is 6.90. The van der Waals surface area contributed by atoms with Gasteiger partial charge in [0.05, 0.1) is 22.6 Å². The zero-order chi connectivity index (χ0) is 31.2. The number of carbonyl (C=O) groups excluding carboxylic acids is 1. The van der Waals surface area contributed by atoms with Crippen LogP contribution in [0.25, 0.3) is 27.7 Å². The molecule has 0 bridgehead atoms. The zero-order valence-corrected chi connectivity index (χ0v) is 25.5. The third-order valence-electron chi connectivity index (χ3n) is 7.93. The fourth-order valence-electron chi connectivity index (χ4n) is 5.84. The number of piperazine rings is 1. The van der Waals surface area contributed by atoms with Gasteiger partial charge in [-0.05, 0) is 54.8 Å². The molecule has 1 amide bonds. The molecule has 5 rings (SSSR count). The molecule has 1 aliphatic rings. The number of nitriles is 1. The number of fused-ring (bicyclic) bond motifs is 1. The van der Waals surface area contributed by atoms with Gasteiger partial charge >= 0.3 is 0 Å². The SMILES string of the molecule is C=CC(=O)N1CCN(c2c(C#N)c(=O)n(-c3ccccc3C(C)C)c3cc(-c4cc(Cl)cc(F)c4N)c(Cl)cc23)C(C)C1. The van der Waals surface area contributed by atoms with E-state index in [9.17, 15) is 19.2 Å². The highest BCUT2D eigenvalue weighted by molar-refractivity contribution is 6.35. The van der Waals surface area contributed by atoms with Crippen molar-refractivity contribution in [3.05, 3.63) is 98.5 Å². The van der Waals surface area contributed by atoms with Crippen LogP contribution in [0.2, 0.25) is 10.0 Å². The Bertz CT molecular complexity index is 1900. The summed E-state index contributed by atoms with van der Waals surface area (Å²) in [5.74, 6) is -0.817. The summed E-state index contributed by atoms with van der Waals surface area (Å²) in [6.45, 7) is 10.7. The molecule has 220 valence electrons. The molecule has 7 nitrogen and oxygen atoms in total. The Kier molecular flexibility index (Phi) is 8.24. The fourth-order valence-corrected chi connectivity index (χ4v) is 6.31. The number of halogens is 3. The van der Waals surface area contributed by atoms with Crippen molar-refractivity contribution in [2.75, 3.05) is 30.3 Å². The molecule has 1 aromatic heterocycles. The lowest BCUT2D eigenvalue weighted by atomic mass is 9.97. The number of amides is 1. The number of carbonyl (C=O) groups is 1. The van der Waals surface area contributed by atoms with E-state index in [0.717, 1.165) is 11.6 Å². The Morgan fingerprint density at radius 3 is 2.53 bits per heavy atom. The molecule has 10 heteroatoms. The van der Waals surface area contributed by atoms with Crippen LogP contribution in [-0.4, -0.2) is 41.1 Å². The van der Waals surface area contributed by atoms with Gasteiger partial charge in [-0.15, -0.1) is 0 Å². The highest BCUT2D eigenvalue weighted by Gasteiger charge is 2.31. The first-order valence-corrected chi connectivity index (χ1v) is 14.6. The summed E-state index contributed by atoms with van der Waals surface area (Å²) >= 11 is 13.1. The lowest BCUT2D eigenvalue weighted by molar-refractivity contribution is -0.126. The van der Waals surface area contributed by atoms with Gasteiger partial charge in [0.25, 0.3) is 5.56 Å². The minimum absolute atomic E-state index is 0.0430. The molecular weight excluding hydrogens is 588 g/mol. The van der Waals surface area contributed by atoms with E-state index in [1.807, 2.05) is 49.9 Å². The zero-order valence-electron chi connectivity index (χ0n) is 24.0. The van der Waals surface area contributed by atoms with Crippen molar-refractivity contribution in [2.24, 2.45) is 0 Å². The van der Waals surface area contributed by atoms with Crippen molar-refractivity contribution in [2.45, 2.75) is 32.7 Å². The monoisotopic (exact) mass is 617 g/mol. The standard InChI is InChI=1S/C33H30Cl2FN5O2/c1-5-30(42)39-10-11-40(19(4)17-39)32-24-14-26(35)22(23-12-20(34)13-27(36)31(23)38)15-29(24)41(33(43)25(32)16-37)28-9-7-6-8-21(28)18(2)3/h5-9,12-15,18-19H,1,10-11,17,38H2,2-4H3. The van der Waals surface area contributed by atoms with Gasteiger partial charge in [-0.2, -0.15) is 5.26 Å². The Hall–Kier alpha value is -4.32. The van der Waals surface area contributed by atoms with E-state index in [-0.39, 0.29) is 44.7 Å². The highest BCUT2D eigenvalue weighted by Crippen LogP contribution is 2.42. The number of pyridine rings is 1. The molecular formula is C33H30Cl2FN5O2. The van der Waals surface area contributed by atoms with Crippen molar-refractivity contribution in [3.63, 3.8) is 0 Å². The van der Waals surface area contributed by atoms with E-state index in [4.69, 9.17) is 28.9 Å². The number of hydrogen-bond acceptors (Lipinski definition) is 5. The topological polar surface area (TPSA) is 95.4 Å². The maximum Gasteiger partial charge on any atom is 0.275 e. The van der Waals surface area contributed by atoms with Gasteiger partial charge in [0.1, 0.15) is 17.4 Å². The normalized spacial score (nSPS) is 15.2. The lowest BCUT2D eigenvalue weighted by Gasteiger charge is -2.41. The molecule has 0 saturated carbocycles. The Balaban J connectivity index is 1.89. The summed E-state index contributed by atoms with van der Waals surface area (Å²) < 4.78 is 16.2. The molecule has 3 aromatic carbocycles. The van der Waals surface area contributed by atoms with E-state index >= 15 is 0 Å². The minimum Gasteiger partial charge on any atom is -0.396 e. The number of anilines is 2. The molecule has 43 heavy (non-hydrogen) atoms. The van der Waals surface area contributed by atoms with Crippen LogP contribution < -0.4 is 16.2 Å². The molecule has 2 N–H and O–H groups in total. The second-order valence-corrected chi connectivity index (χ2v) is 11.8. The summed E-state index contributed by atoms with van der Waals surface area (Å²) in [5.41, 5.74) is 8.53. The Morgan fingerprint density at radius 1 is 1.16 bits per heavy atom. The van der Waals surface area contributed by atoms with E-state index in [1.165, 1.54) is 16.7 Å². The largest absolute Gasteiger partial charge is 0.396 e. The number of nitrogens with two attached hydrogens (primary N) is 1.